The lowest BCUT2D eigenvalue weighted by Gasteiger charge is -2.40. The fourth-order valence-corrected chi connectivity index (χ4v) is 3.00. The molecular formula is C20H28F2N2O4. The third-order valence-electron chi connectivity index (χ3n) is 4.56. The van der Waals surface area contributed by atoms with Crippen LogP contribution in [0.15, 0.2) is 12.1 Å². The van der Waals surface area contributed by atoms with Crippen molar-refractivity contribution in [3.05, 3.63) is 34.9 Å². The number of carbonyl (C=O) groups excluding carboxylic acids is 2. The summed E-state index contributed by atoms with van der Waals surface area (Å²) in [7, 11) is 0. The number of aryl methyl sites for hydroxylation is 1. The van der Waals surface area contributed by atoms with Crippen molar-refractivity contribution in [2.75, 3.05) is 19.6 Å². The molecule has 2 amide bonds. The number of nitrogens with zero attached hydrogens (tertiary/aromatic N) is 2. The summed E-state index contributed by atoms with van der Waals surface area (Å²) in [5, 5.41) is 0. The van der Waals surface area contributed by atoms with Gasteiger partial charge >= 0.3 is 12.2 Å². The lowest BCUT2D eigenvalue weighted by molar-refractivity contribution is 0.000531. The molecule has 0 aliphatic carbocycles. The predicted octanol–water partition coefficient (Wildman–Crippen LogP) is 4.24. The Hall–Kier alpha value is -2.38. The van der Waals surface area contributed by atoms with E-state index in [1.807, 2.05) is 6.92 Å². The highest BCUT2D eigenvalue weighted by Crippen LogP contribution is 2.20. The topological polar surface area (TPSA) is 59.1 Å². The summed E-state index contributed by atoms with van der Waals surface area (Å²) in [6, 6.07) is 2.22. The molecule has 1 aliphatic rings. The largest absolute Gasteiger partial charge is 0.444 e. The first-order valence-corrected chi connectivity index (χ1v) is 9.38. The van der Waals surface area contributed by atoms with Gasteiger partial charge in [0.05, 0.1) is 11.6 Å². The van der Waals surface area contributed by atoms with Gasteiger partial charge in [-0.1, -0.05) is 13.0 Å². The lowest BCUT2D eigenvalue weighted by Crippen LogP contribution is -2.57. The van der Waals surface area contributed by atoms with Crippen LogP contribution in [0.4, 0.5) is 18.4 Å². The minimum absolute atomic E-state index is 0.259. The fourth-order valence-electron chi connectivity index (χ4n) is 3.00. The zero-order chi connectivity index (χ0) is 21.1. The maximum atomic E-state index is 14.1. The molecule has 1 aromatic carbocycles. The molecule has 0 unspecified atom stereocenters. The summed E-state index contributed by atoms with van der Waals surface area (Å²) in [5.41, 5.74) is -0.588. The van der Waals surface area contributed by atoms with Crippen LogP contribution in [0.5, 0.6) is 0 Å². The van der Waals surface area contributed by atoms with Gasteiger partial charge in [-0.05, 0) is 45.7 Å². The number of rotatable bonds is 3. The van der Waals surface area contributed by atoms with E-state index in [-0.39, 0.29) is 23.7 Å². The van der Waals surface area contributed by atoms with Crippen LogP contribution < -0.4 is 0 Å². The monoisotopic (exact) mass is 398 g/mol. The molecule has 1 heterocycles. The molecule has 0 saturated carbocycles. The predicted molar refractivity (Wildman–Crippen MR) is 99.9 cm³/mol. The first-order valence-electron chi connectivity index (χ1n) is 9.38. The first-order chi connectivity index (χ1) is 13.0. The molecule has 28 heavy (non-hydrogen) atoms. The number of amides is 2. The second-order valence-electron chi connectivity index (χ2n) is 7.89. The zero-order valence-electron chi connectivity index (χ0n) is 17.1. The summed E-state index contributed by atoms with van der Waals surface area (Å²) < 4.78 is 38.5. The van der Waals surface area contributed by atoms with Gasteiger partial charge in [-0.2, -0.15) is 0 Å². The van der Waals surface area contributed by atoms with E-state index >= 15 is 0 Å². The van der Waals surface area contributed by atoms with Gasteiger partial charge in [-0.15, -0.1) is 0 Å². The number of ether oxygens (including phenoxy) is 2. The lowest BCUT2D eigenvalue weighted by atomic mass is 10.1. The van der Waals surface area contributed by atoms with Crippen molar-refractivity contribution in [3.8, 4) is 0 Å². The van der Waals surface area contributed by atoms with Gasteiger partial charge in [-0.25, -0.2) is 18.4 Å². The molecule has 0 bridgehead atoms. The number of hydrogen-bond donors (Lipinski definition) is 0. The van der Waals surface area contributed by atoms with Crippen molar-refractivity contribution in [1.82, 2.24) is 9.80 Å². The van der Waals surface area contributed by atoms with Crippen molar-refractivity contribution in [2.24, 2.45) is 0 Å². The second-order valence-corrected chi connectivity index (χ2v) is 7.89. The summed E-state index contributed by atoms with van der Waals surface area (Å²) in [6.07, 6.45) is -0.486. The van der Waals surface area contributed by atoms with Gasteiger partial charge in [-0.3, -0.25) is 0 Å². The Kier molecular flexibility index (Phi) is 6.85. The van der Waals surface area contributed by atoms with Crippen LogP contribution in [-0.4, -0.2) is 53.3 Å². The Bertz CT molecular complexity index is 734. The molecule has 0 N–H and O–H groups in total. The second kappa shape index (κ2) is 8.75. The van der Waals surface area contributed by atoms with E-state index in [9.17, 15) is 18.4 Å². The third kappa shape index (κ3) is 5.33. The average Bonchev–Trinajstić information content (AvgIpc) is 2.62. The van der Waals surface area contributed by atoms with E-state index in [1.54, 1.807) is 25.7 Å². The Morgan fingerprint density at radius 1 is 1.18 bits per heavy atom. The Morgan fingerprint density at radius 2 is 1.86 bits per heavy atom. The highest BCUT2D eigenvalue weighted by molar-refractivity contribution is 5.71. The van der Waals surface area contributed by atoms with Crippen LogP contribution in [0, 0.1) is 18.6 Å². The zero-order valence-corrected chi connectivity index (χ0v) is 17.1. The minimum Gasteiger partial charge on any atom is -0.444 e. The maximum absolute atomic E-state index is 14.1. The molecule has 0 spiro atoms. The molecule has 156 valence electrons. The molecule has 1 aromatic rings. The van der Waals surface area contributed by atoms with Gasteiger partial charge in [0.1, 0.15) is 23.8 Å². The Labute approximate surface area is 164 Å². The number of carbonyl (C=O) groups is 2. The van der Waals surface area contributed by atoms with E-state index in [2.05, 4.69) is 0 Å². The SMILES string of the molecule is CC[C@@H]1CN(C(=O)OC(C)(C)C)CCN1C(=O)OCc1c(F)ccc(C)c1F. The number of halogens is 2. The molecule has 6 nitrogen and oxygen atoms in total. The summed E-state index contributed by atoms with van der Waals surface area (Å²) in [6.45, 7) is 9.17. The minimum atomic E-state index is -0.752. The summed E-state index contributed by atoms with van der Waals surface area (Å²) in [4.78, 5) is 27.8. The summed E-state index contributed by atoms with van der Waals surface area (Å²) >= 11 is 0. The number of benzene rings is 1. The van der Waals surface area contributed by atoms with Crippen molar-refractivity contribution >= 4 is 12.2 Å². The molecule has 1 saturated heterocycles. The van der Waals surface area contributed by atoms with Gasteiger partial charge < -0.3 is 19.3 Å². The Balaban J connectivity index is 1.99. The molecule has 0 radical (unpaired) electrons. The molecule has 0 aromatic heterocycles. The van der Waals surface area contributed by atoms with E-state index in [4.69, 9.17) is 9.47 Å². The first kappa shape index (κ1) is 21.9. The highest BCUT2D eigenvalue weighted by Gasteiger charge is 2.34. The van der Waals surface area contributed by atoms with Crippen LogP contribution in [-0.2, 0) is 16.1 Å². The third-order valence-corrected chi connectivity index (χ3v) is 4.56. The van der Waals surface area contributed by atoms with Crippen molar-refractivity contribution in [2.45, 2.75) is 59.3 Å². The van der Waals surface area contributed by atoms with Crippen molar-refractivity contribution in [3.63, 3.8) is 0 Å². The normalized spacial score (nSPS) is 17.5. The van der Waals surface area contributed by atoms with E-state index < -0.39 is 36.0 Å². The van der Waals surface area contributed by atoms with Gasteiger partial charge in [0.15, 0.2) is 0 Å². The van der Waals surface area contributed by atoms with Crippen LogP contribution >= 0.6 is 0 Å². The van der Waals surface area contributed by atoms with E-state index in [0.717, 1.165) is 6.07 Å². The van der Waals surface area contributed by atoms with Crippen LogP contribution in [0.2, 0.25) is 0 Å². The van der Waals surface area contributed by atoms with E-state index in [1.165, 1.54) is 17.9 Å². The van der Waals surface area contributed by atoms with Crippen LogP contribution in [0.1, 0.15) is 45.2 Å². The smallest absolute Gasteiger partial charge is 0.410 e. The van der Waals surface area contributed by atoms with Gasteiger partial charge in [0, 0.05) is 19.6 Å². The molecular weight excluding hydrogens is 370 g/mol. The number of piperazine rings is 1. The standard InChI is InChI=1S/C20H28F2N2O4/c1-6-14-11-23(18(25)28-20(3,4)5)9-10-24(14)19(26)27-12-15-16(21)8-7-13(2)17(15)22/h7-8,14H,6,9-12H2,1-5H3/t14-/m1/s1. The molecule has 1 fully saturated rings. The fraction of sp³-hybridized carbons (Fsp3) is 0.600. The molecule has 8 heteroatoms. The van der Waals surface area contributed by atoms with Crippen LogP contribution in [0.25, 0.3) is 0 Å². The van der Waals surface area contributed by atoms with Gasteiger partial charge in [0.25, 0.3) is 0 Å². The summed E-state index contributed by atoms with van der Waals surface area (Å²) in [5.74, 6) is -1.47. The maximum Gasteiger partial charge on any atom is 0.410 e. The quantitative estimate of drug-likeness (QED) is 0.764. The van der Waals surface area contributed by atoms with Crippen LogP contribution in [0.3, 0.4) is 0 Å². The van der Waals surface area contributed by atoms with Crippen molar-refractivity contribution in [1.29, 1.82) is 0 Å². The van der Waals surface area contributed by atoms with E-state index in [0.29, 0.717) is 19.5 Å². The van der Waals surface area contributed by atoms with Crippen molar-refractivity contribution < 1.29 is 27.8 Å². The molecule has 1 aliphatic heterocycles. The van der Waals surface area contributed by atoms with Gasteiger partial charge in [0.2, 0.25) is 0 Å². The highest BCUT2D eigenvalue weighted by atomic mass is 19.1. The number of hydrogen-bond acceptors (Lipinski definition) is 4. The molecule has 2 rings (SSSR count). The Morgan fingerprint density at radius 3 is 2.46 bits per heavy atom. The molecule has 1 atom stereocenters. The average molecular weight is 398 g/mol.